The van der Waals surface area contributed by atoms with Crippen LogP contribution < -0.4 is 0 Å². The minimum Gasteiger partial charge on any atom is -0.223 e. The van der Waals surface area contributed by atoms with E-state index in [1.165, 1.54) is 0 Å². The van der Waals surface area contributed by atoms with Gasteiger partial charge in [-0.15, -0.1) is 0 Å². The van der Waals surface area contributed by atoms with E-state index in [1.807, 2.05) is 0 Å². The first-order chi connectivity index (χ1) is 4.48. The van der Waals surface area contributed by atoms with E-state index >= 15 is 0 Å². The van der Waals surface area contributed by atoms with Crippen LogP contribution in [0.25, 0.3) is 0 Å². The van der Waals surface area contributed by atoms with Gasteiger partial charge in [-0.25, -0.2) is 5.11 Å². The molecule has 0 saturated carbocycles. The van der Waals surface area contributed by atoms with Crippen molar-refractivity contribution in [3.63, 3.8) is 0 Å². The number of hydrogen-bond acceptors (Lipinski definition) is 0. The lowest BCUT2D eigenvalue weighted by atomic mass is 10.1. The van der Waals surface area contributed by atoms with Gasteiger partial charge in [-0.05, 0) is 6.42 Å². The Morgan fingerprint density at radius 2 is 1.90 bits per heavy atom. The molecule has 0 aliphatic rings. The third-order valence-electron chi connectivity index (χ3n) is 1.18. The smallest absolute Gasteiger partial charge is 0.223 e. The van der Waals surface area contributed by atoms with E-state index in [4.69, 9.17) is 0 Å². The minimum atomic E-state index is -4.55. The molecule has 0 bridgehead atoms. The summed E-state index contributed by atoms with van der Waals surface area (Å²) in [6, 6.07) is 0. The number of halogens is 3. The number of rotatable bonds is 3. The predicted molar refractivity (Wildman–Crippen MR) is 30.1 cm³/mol. The molecule has 1 nitrogen and oxygen atoms in total. The molecule has 1 atom stereocenters. The van der Waals surface area contributed by atoms with E-state index in [2.05, 4.69) is 0 Å². The molecule has 10 heavy (non-hydrogen) atoms. The third kappa shape index (κ3) is 3.71. The molecule has 4 heteroatoms. The molecule has 1 radical (unpaired) electrons. The molecule has 0 rings (SSSR count). The van der Waals surface area contributed by atoms with Crippen LogP contribution in [0.1, 0.15) is 26.2 Å². The highest BCUT2D eigenvalue weighted by Gasteiger charge is 2.38. The van der Waals surface area contributed by atoms with Gasteiger partial charge in [0.2, 0.25) is 0 Å². The molecule has 0 heterocycles. The summed E-state index contributed by atoms with van der Waals surface area (Å²) in [5, 5.41) is 10.2. The summed E-state index contributed by atoms with van der Waals surface area (Å²) < 4.78 is 34.4. The second kappa shape index (κ2) is 3.81. The van der Waals surface area contributed by atoms with Gasteiger partial charge >= 0.3 is 6.18 Å². The van der Waals surface area contributed by atoms with Crippen LogP contribution in [-0.2, 0) is 5.11 Å². The average molecular weight is 155 g/mol. The van der Waals surface area contributed by atoms with Crippen molar-refractivity contribution in [2.75, 3.05) is 0 Å². The zero-order valence-electron chi connectivity index (χ0n) is 5.74. The van der Waals surface area contributed by atoms with Crippen LogP contribution in [0.2, 0.25) is 0 Å². The van der Waals surface area contributed by atoms with Crippen molar-refractivity contribution < 1.29 is 18.3 Å². The zero-order valence-corrected chi connectivity index (χ0v) is 5.74. The lowest BCUT2D eigenvalue weighted by Crippen LogP contribution is -2.26. The Labute approximate surface area is 57.9 Å². The summed E-state index contributed by atoms with van der Waals surface area (Å²) in [7, 11) is 0. The van der Waals surface area contributed by atoms with E-state index in [0.717, 1.165) is 0 Å². The quantitative estimate of drug-likeness (QED) is 0.596. The predicted octanol–water partition coefficient (Wildman–Crippen LogP) is 2.54. The molecular weight excluding hydrogens is 145 g/mol. The summed E-state index contributed by atoms with van der Waals surface area (Å²) >= 11 is 0. The minimum absolute atomic E-state index is 0.292. The monoisotopic (exact) mass is 155 g/mol. The SMILES string of the molecule is CCCCC([O])C(F)(F)F. The van der Waals surface area contributed by atoms with E-state index < -0.39 is 12.3 Å². The zero-order chi connectivity index (χ0) is 8.20. The highest BCUT2D eigenvalue weighted by molar-refractivity contribution is 4.63. The van der Waals surface area contributed by atoms with Crippen molar-refractivity contribution in [3.05, 3.63) is 0 Å². The van der Waals surface area contributed by atoms with Crippen molar-refractivity contribution in [2.45, 2.75) is 38.5 Å². The maximum Gasteiger partial charge on any atom is 0.417 e. The highest BCUT2D eigenvalue weighted by atomic mass is 19.4. The first-order valence-electron chi connectivity index (χ1n) is 3.21. The molecular formula is C6H10F3O. The molecule has 0 N–H and O–H groups in total. The van der Waals surface area contributed by atoms with Crippen molar-refractivity contribution in [1.29, 1.82) is 0 Å². The molecule has 0 aromatic rings. The van der Waals surface area contributed by atoms with Crippen LogP contribution in [0, 0.1) is 0 Å². The van der Waals surface area contributed by atoms with E-state index in [1.54, 1.807) is 6.92 Å². The number of unbranched alkanes of at least 4 members (excludes halogenated alkanes) is 1. The van der Waals surface area contributed by atoms with Gasteiger partial charge in [0, 0.05) is 0 Å². The van der Waals surface area contributed by atoms with Gasteiger partial charge in [0.25, 0.3) is 0 Å². The summed E-state index contributed by atoms with van der Waals surface area (Å²) in [6.07, 6.45) is -6.23. The Hall–Kier alpha value is -0.250. The Bertz CT molecular complexity index is 89.5. The maximum absolute atomic E-state index is 11.5. The maximum atomic E-state index is 11.5. The van der Waals surface area contributed by atoms with Gasteiger partial charge in [0.1, 0.15) is 0 Å². The summed E-state index contributed by atoms with van der Waals surface area (Å²) in [5.41, 5.74) is 0. The molecule has 0 amide bonds. The molecule has 0 aromatic heterocycles. The normalized spacial score (nSPS) is 15.3. The Morgan fingerprint density at radius 1 is 1.40 bits per heavy atom. The fourth-order valence-corrected chi connectivity index (χ4v) is 0.553. The van der Waals surface area contributed by atoms with E-state index in [0.29, 0.717) is 12.8 Å². The first-order valence-corrected chi connectivity index (χ1v) is 3.21. The lowest BCUT2D eigenvalue weighted by Gasteiger charge is -2.10. The summed E-state index contributed by atoms with van der Waals surface area (Å²) in [5.74, 6) is 0. The summed E-state index contributed by atoms with van der Waals surface area (Å²) in [6.45, 7) is 1.75. The molecule has 0 fully saturated rings. The number of hydrogen-bond donors (Lipinski definition) is 0. The molecule has 0 aromatic carbocycles. The van der Waals surface area contributed by atoms with Crippen molar-refractivity contribution in [3.8, 4) is 0 Å². The second-order valence-electron chi connectivity index (χ2n) is 2.17. The fourth-order valence-electron chi connectivity index (χ4n) is 0.553. The Morgan fingerprint density at radius 3 is 2.20 bits per heavy atom. The van der Waals surface area contributed by atoms with Gasteiger partial charge in [0.05, 0.1) is 0 Å². The molecule has 0 aliphatic heterocycles. The van der Waals surface area contributed by atoms with Crippen molar-refractivity contribution in [1.82, 2.24) is 0 Å². The van der Waals surface area contributed by atoms with Crippen LogP contribution in [0.15, 0.2) is 0 Å². The van der Waals surface area contributed by atoms with Crippen LogP contribution in [0.5, 0.6) is 0 Å². The molecule has 1 unspecified atom stereocenters. The second-order valence-corrected chi connectivity index (χ2v) is 2.17. The van der Waals surface area contributed by atoms with Crippen LogP contribution >= 0.6 is 0 Å². The summed E-state index contributed by atoms with van der Waals surface area (Å²) in [4.78, 5) is 0. The molecule has 61 valence electrons. The van der Waals surface area contributed by atoms with E-state index in [-0.39, 0.29) is 6.42 Å². The van der Waals surface area contributed by atoms with Crippen molar-refractivity contribution in [2.24, 2.45) is 0 Å². The molecule has 0 saturated heterocycles. The molecule has 0 spiro atoms. The lowest BCUT2D eigenvalue weighted by molar-refractivity contribution is -0.223. The van der Waals surface area contributed by atoms with Gasteiger partial charge in [-0.2, -0.15) is 13.2 Å². The molecule has 0 aliphatic carbocycles. The highest BCUT2D eigenvalue weighted by Crippen LogP contribution is 2.23. The third-order valence-corrected chi connectivity index (χ3v) is 1.18. The van der Waals surface area contributed by atoms with Gasteiger partial charge in [-0.3, -0.25) is 0 Å². The van der Waals surface area contributed by atoms with Gasteiger partial charge < -0.3 is 0 Å². The average Bonchev–Trinajstić information content (AvgIpc) is 1.80. The number of alkyl halides is 3. The van der Waals surface area contributed by atoms with Crippen LogP contribution in [0.4, 0.5) is 13.2 Å². The standard InChI is InChI=1S/C6H10F3O/c1-2-3-4-5(10)6(7,8)9/h5H,2-4H2,1H3. The fraction of sp³-hybridized carbons (Fsp3) is 1.00. The Balaban J connectivity index is 3.52. The van der Waals surface area contributed by atoms with Crippen LogP contribution in [0.3, 0.4) is 0 Å². The topological polar surface area (TPSA) is 19.9 Å². The van der Waals surface area contributed by atoms with Gasteiger partial charge in [-0.1, -0.05) is 19.8 Å². The van der Waals surface area contributed by atoms with E-state index in [9.17, 15) is 18.3 Å². The Kier molecular flexibility index (Phi) is 3.71. The van der Waals surface area contributed by atoms with Crippen LogP contribution in [-0.4, -0.2) is 12.3 Å². The van der Waals surface area contributed by atoms with Crippen molar-refractivity contribution >= 4 is 0 Å². The van der Waals surface area contributed by atoms with Gasteiger partial charge in [0.15, 0.2) is 6.10 Å². The largest absolute Gasteiger partial charge is 0.417 e. The first kappa shape index (κ1) is 9.75.